The summed E-state index contributed by atoms with van der Waals surface area (Å²) in [5.41, 5.74) is 1.42. The smallest absolute Gasteiger partial charge is 0.378 e. The fourth-order valence-corrected chi connectivity index (χ4v) is 5.75. The van der Waals surface area contributed by atoms with Gasteiger partial charge < -0.3 is 14.6 Å². The van der Waals surface area contributed by atoms with Crippen molar-refractivity contribution in [1.82, 2.24) is 44.5 Å². The standard InChI is InChI=1S/C26H25F3N10O2/c1-41-20-12-37(23(40)18-3-8-32-24(36-18)26(27,28)29)9-4-19(20)38-13-25(14-38,5-6-30)39-11-16(10-35-39)21-17-2-7-31-22(17)34-15-33-21/h2-3,7-8,10-11,15,19-20H,4-5,9,12-14H2,1H3,(H,31,33,34)/t19-,20+/m0/s1. The molecular weight excluding hydrogens is 541 g/mol. The highest BCUT2D eigenvalue weighted by Gasteiger charge is 2.50. The van der Waals surface area contributed by atoms with E-state index < -0.39 is 23.4 Å². The maximum atomic E-state index is 13.0. The zero-order chi connectivity index (χ0) is 28.8. The Morgan fingerprint density at radius 1 is 1.27 bits per heavy atom. The van der Waals surface area contributed by atoms with Crippen LogP contribution in [-0.4, -0.2) is 95.8 Å². The molecule has 0 aliphatic carbocycles. The highest BCUT2D eigenvalue weighted by Crippen LogP contribution is 2.38. The first-order valence-corrected chi connectivity index (χ1v) is 12.9. The molecule has 0 unspecified atom stereocenters. The highest BCUT2D eigenvalue weighted by atomic mass is 19.4. The molecule has 41 heavy (non-hydrogen) atoms. The van der Waals surface area contributed by atoms with Crippen LogP contribution in [0.15, 0.2) is 43.2 Å². The first kappa shape index (κ1) is 26.8. The summed E-state index contributed by atoms with van der Waals surface area (Å²) in [5, 5.41) is 15.1. The summed E-state index contributed by atoms with van der Waals surface area (Å²) in [5.74, 6) is -1.96. The number of aromatic amines is 1. The SMILES string of the molecule is CO[C@@H]1CN(C(=O)c2ccnc(C(F)(F)F)n2)CC[C@@H]1N1CC(CC#N)(n2cc(-c3ncnc4[nH]ccc34)cn2)C1. The molecule has 2 aliphatic rings. The van der Waals surface area contributed by atoms with Gasteiger partial charge in [-0.15, -0.1) is 0 Å². The minimum atomic E-state index is -4.75. The molecule has 0 saturated carbocycles. The Morgan fingerprint density at radius 2 is 2.10 bits per heavy atom. The number of halogens is 3. The highest BCUT2D eigenvalue weighted by molar-refractivity contribution is 5.92. The number of nitriles is 1. The Kier molecular flexibility index (Phi) is 6.66. The van der Waals surface area contributed by atoms with Crippen LogP contribution in [0.25, 0.3) is 22.3 Å². The average molecular weight is 567 g/mol. The molecule has 1 N–H and O–H groups in total. The Labute approximate surface area is 231 Å². The summed E-state index contributed by atoms with van der Waals surface area (Å²) in [6.07, 6.45) is 3.52. The number of carbonyl (C=O) groups excluding carboxylic acids is 1. The number of aromatic nitrogens is 7. The number of methoxy groups -OCH3 is 1. The molecule has 2 fully saturated rings. The molecule has 12 nitrogen and oxygen atoms in total. The number of alkyl halides is 3. The van der Waals surface area contributed by atoms with E-state index in [2.05, 4.69) is 41.0 Å². The van der Waals surface area contributed by atoms with Gasteiger partial charge in [0.05, 0.1) is 30.5 Å². The first-order chi connectivity index (χ1) is 19.7. The van der Waals surface area contributed by atoms with Crippen LogP contribution in [0.4, 0.5) is 13.2 Å². The second-order valence-corrected chi connectivity index (χ2v) is 10.2. The van der Waals surface area contributed by atoms with E-state index in [0.29, 0.717) is 26.1 Å². The Bertz CT molecular complexity index is 1620. The van der Waals surface area contributed by atoms with Gasteiger partial charge in [0.25, 0.3) is 5.91 Å². The summed E-state index contributed by atoms with van der Waals surface area (Å²) in [4.78, 5) is 35.1. The number of rotatable bonds is 6. The van der Waals surface area contributed by atoms with E-state index in [1.54, 1.807) is 19.5 Å². The molecule has 1 amide bonds. The summed E-state index contributed by atoms with van der Waals surface area (Å²) in [6.45, 7) is 1.61. The van der Waals surface area contributed by atoms with Crippen LogP contribution in [0, 0.1) is 11.3 Å². The van der Waals surface area contributed by atoms with Crippen molar-refractivity contribution in [2.24, 2.45) is 0 Å². The monoisotopic (exact) mass is 566 g/mol. The minimum Gasteiger partial charge on any atom is -0.378 e. The average Bonchev–Trinajstić information content (AvgIpc) is 3.64. The number of nitrogens with zero attached hydrogens (tertiary/aromatic N) is 9. The molecule has 0 spiro atoms. The van der Waals surface area contributed by atoms with Crippen LogP contribution in [-0.2, 0) is 16.5 Å². The third-order valence-corrected chi connectivity index (χ3v) is 7.81. The molecule has 6 heterocycles. The molecule has 4 aromatic rings. The van der Waals surface area contributed by atoms with E-state index in [-0.39, 0.29) is 30.8 Å². The van der Waals surface area contributed by atoms with Crippen molar-refractivity contribution in [3.63, 3.8) is 0 Å². The lowest BCUT2D eigenvalue weighted by atomic mass is 9.83. The molecule has 2 atom stereocenters. The molecule has 0 radical (unpaired) electrons. The van der Waals surface area contributed by atoms with Gasteiger partial charge in [0.2, 0.25) is 5.82 Å². The summed E-state index contributed by atoms with van der Waals surface area (Å²) in [7, 11) is 1.55. The largest absolute Gasteiger partial charge is 0.451 e. The molecule has 4 aromatic heterocycles. The maximum Gasteiger partial charge on any atom is 0.451 e. The zero-order valence-corrected chi connectivity index (χ0v) is 21.9. The number of piperidine rings is 1. The van der Waals surface area contributed by atoms with Crippen molar-refractivity contribution in [3.8, 4) is 17.3 Å². The molecule has 0 aromatic carbocycles. The third-order valence-electron chi connectivity index (χ3n) is 7.81. The summed E-state index contributed by atoms with van der Waals surface area (Å²) < 4.78 is 46.7. The molecule has 0 bridgehead atoms. The predicted molar refractivity (Wildman–Crippen MR) is 137 cm³/mol. The van der Waals surface area contributed by atoms with E-state index in [0.717, 1.165) is 28.5 Å². The molecule has 2 saturated heterocycles. The second-order valence-electron chi connectivity index (χ2n) is 10.2. The van der Waals surface area contributed by atoms with Gasteiger partial charge in [-0.25, -0.2) is 19.9 Å². The van der Waals surface area contributed by atoms with Gasteiger partial charge in [-0.05, 0) is 18.6 Å². The van der Waals surface area contributed by atoms with E-state index in [9.17, 15) is 23.2 Å². The zero-order valence-electron chi connectivity index (χ0n) is 21.9. The lowest BCUT2D eigenvalue weighted by Gasteiger charge is -2.55. The lowest BCUT2D eigenvalue weighted by molar-refractivity contribution is -0.145. The molecule has 2 aliphatic heterocycles. The number of H-pyrrole nitrogens is 1. The van der Waals surface area contributed by atoms with Crippen LogP contribution in [0.2, 0.25) is 0 Å². The Hall–Kier alpha value is -4.42. The van der Waals surface area contributed by atoms with Crippen LogP contribution >= 0.6 is 0 Å². The van der Waals surface area contributed by atoms with Crippen LogP contribution in [0.1, 0.15) is 29.2 Å². The van der Waals surface area contributed by atoms with Gasteiger partial charge in [0.15, 0.2) is 0 Å². The van der Waals surface area contributed by atoms with Crippen molar-refractivity contribution >= 4 is 16.9 Å². The van der Waals surface area contributed by atoms with E-state index in [1.165, 1.54) is 17.3 Å². The number of nitrogens with one attached hydrogen (secondary N) is 1. The van der Waals surface area contributed by atoms with E-state index >= 15 is 0 Å². The van der Waals surface area contributed by atoms with Gasteiger partial charge in [-0.3, -0.25) is 14.4 Å². The first-order valence-electron chi connectivity index (χ1n) is 12.9. The number of ether oxygens (including phenoxy) is 1. The van der Waals surface area contributed by atoms with Crippen molar-refractivity contribution in [2.45, 2.75) is 36.7 Å². The number of likely N-dealkylation sites (tertiary alicyclic amines) is 2. The van der Waals surface area contributed by atoms with Gasteiger partial charge in [0.1, 0.15) is 23.2 Å². The number of hydrogen-bond acceptors (Lipinski definition) is 9. The Morgan fingerprint density at radius 3 is 2.85 bits per heavy atom. The van der Waals surface area contributed by atoms with E-state index in [4.69, 9.17) is 4.74 Å². The maximum absolute atomic E-state index is 13.0. The molecular formula is C26H25F3N10O2. The topological polar surface area (TPSA) is 142 Å². The fourth-order valence-electron chi connectivity index (χ4n) is 5.75. The quantitative estimate of drug-likeness (QED) is 0.373. The lowest BCUT2D eigenvalue weighted by Crippen LogP contribution is -2.69. The normalized spacial score (nSPS) is 21.0. The van der Waals surface area contributed by atoms with Gasteiger partial charge >= 0.3 is 6.18 Å². The third kappa shape index (κ3) is 4.78. The molecule has 212 valence electrons. The fraction of sp³-hybridized carbons (Fsp3) is 0.423. The van der Waals surface area contributed by atoms with Gasteiger partial charge in [-0.2, -0.15) is 23.5 Å². The van der Waals surface area contributed by atoms with E-state index in [1.807, 2.05) is 16.9 Å². The van der Waals surface area contributed by atoms with Crippen LogP contribution in [0.5, 0.6) is 0 Å². The van der Waals surface area contributed by atoms with Crippen molar-refractivity contribution in [3.05, 3.63) is 54.8 Å². The number of carbonyl (C=O) groups is 1. The Balaban J connectivity index is 1.16. The number of amides is 1. The summed E-state index contributed by atoms with van der Waals surface area (Å²) >= 11 is 0. The van der Waals surface area contributed by atoms with Crippen molar-refractivity contribution < 1.29 is 22.7 Å². The van der Waals surface area contributed by atoms with Crippen molar-refractivity contribution in [2.75, 3.05) is 33.3 Å². The molecule has 6 rings (SSSR count). The van der Waals surface area contributed by atoms with Gasteiger partial charge in [-0.1, -0.05) is 0 Å². The molecule has 15 heteroatoms. The number of fused-ring (bicyclic) bond motifs is 1. The van der Waals surface area contributed by atoms with Crippen LogP contribution < -0.4 is 0 Å². The summed E-state index contributed by atoms with van der Waals surface area (Å²) in [6, 6.07) is 5.32. The predicted octanol–water partition coefficient (Wildman–Crippen LogP) is 2.48. The number of hydrogen-bond donors (Lipinski definition) is 1. The second kappa shape index (κ2) is 10.2. The minimum absolute atomic E-state index is 0.0524. The van der Waals surface area contributed by atoms with Crippen LogP contribution in [0.3, 0.4) is 0 Å². The van der Waals surface area contributed by atoms with Gasteiger partial charge in [0, 0.05) is 68.9 Å². The van der Waals surface area contributed by atoms with Crippen molar-refractivity contribution in [1.29, 1.82) is 5.26 Å².